The molecule has 31 heavy (non-hydrogen) atoms. The molecule has 0 atom stereocenters. The second kappa shape index (κ2) is 9.06. The molecule has 0 saturated heterocycles. The van der Waals surface area contributed by atoms with Crippen LogP contribution in [0, 0.1) is 0 Å². The molecule has 0 bridgehead atoms. The second-order valence-corrected chi connectivity index (χ2v) is 8.63. The molecular weight excluding hydrogens is 412 g/mol. The van der Waals surface area contributed by atoms with Gasteiger partial charge in [-0.2, -0.15) is 4.98 Å². The highest BCUT2D eigenvalue weighted by Gasteiger charge is 2.28. The Morgan fingerprint density at radius 3 is 2.19 bits per heavy atom. The normalized spacial score (nSPS) is 11.3. The van der Waals surface area contributed by atoms with Crippen LogP contribution in [0.2, 0.25) is 0 Å². The molecule has 0 saturated carbocycles. The molecule has 7 heteroatoms. The first-order valence-corrected chi connectivity index (χ1v) is 11.4. The van der Waals surface area contributed by atoms with Gasteiger partial charge in [0.05, 0.1) is 11.5 Å². The van der Waals surface area contributed by atoms with Crippen molar-refractivity contribution in [1.29, 1.82) is 0 Å². The molecule has 3 aromatic carbocycles. The van der Waals surface area contributed by atoms with Gasteiger partial charge in [-0.3, -0.25) is 0 Å². The number of sulfone groups is 1. The van der Waals surface area contributed by atoms with E-state index < -0.39 is 9.84 Å². The number of aromatic nitrogens is 1. The molecule has 0 amide bonds. The number of hydrogen-bond donors (Lipinski definition) is 1. The van der Waals surface area contributed by atoms with Gasteiger partial charge in [-0.1, -0.05) is 48.5 Å². The van der Waals surface area contributed by atoms with Crippen molar-refractivity contribution in [3.8, 4) is 17.2 Å². The Morgan fingerprint density at radius 1 is 0.903 bits per heavy atom. The van der Waals surface area contributed by atoms with Crippen LogP contribution >= 0.6 is 0 Å². The zero-order valence-corrected chi connectivity index (χ0v) is 17.8. The highest BCUT2D eigenvalue weighted by atomic mass is 32.2. The summed E-state index contributed by atoms with van der Waals surface area (Å²) in [5, 5.41) is 2.95. The summed E-state index contributed by atoms with van der Waals surface area (Å²) < 4.78 is 38.0. The minimum atomic E-state index is -3.92. The third kappa shape index (κ3) is 4.62. The Labute approximate surface area is 181 Å². The summed E-state index contributed by atoms with van der Waals surface area (Å²) >= 11 is 0. The molecule has 1 heterocycles. The molecule has 0 aliphatic heterocycles. The monoisotopic (exact) mass is 434 g/mol. The van der Waals surface area contributed by atoms with Crippen LogP contribution in [0.1, 0.15) is 12.5 Å². The number of rotatable bonds is 8. The molecule has 4 aromatic rings. The standard InChI is InChI=1S/C24H22N2O4S/c1-2-29-20-13-15-21(16-14-20)31(27,28)24-23(25-17-18-9-5-3-6-10-18)30-22(26-24)19-11-7-4-8-12-19/h3-16,25H,2,17H2,1H3. The fourth-order valence-corrected chi connectivity index (χ4v) is 4.35. The van der Waals surface area contributed by atoms with Gasteiger partial charge in [0.15, 0.2) is 0 Å². The van der Waals surface area contributed by atoms with E-state index in [9.17, 15) is 8.42 Å². The van der Waals surface area contributed by atoms with Crippen molar-refractivity contribution < 1.29 is 17.6 Å². The predicted octanol–water partition coefficient (Wildman–Crippen LogP) is 5.19. The van der Waals surface area contributed by atoms with E-state index in [-0.39, 0.29) is 21.7 Å². The van der Waals surface area contributed by atoms with Crippen LogP contribution in [0.5, 0.6) is 5.75 Å². The van der Waals surface area contributed by atoms with Crippen LogP contribution in [0.25, 0.3) is 11.5 Å². The van der Waals surface area contributed by atoms with Gasteiger partial charge in [0.1, 0.15) is 5.75 Å². The number of anilines is 1. The average Bonchev–Trinajstić information content (AvgIpc) is 3.25. The summed E-state index contributed by atoms with van der Waals surface area (Å²) in [5.74, 6) is 0.950. The lowest BCUT2D eigenvalue weighted by Crippen LogP contribution is -2.07. The lowest BCUT2D eigenvalue weighted by Gasteiger charge is -2.07. The van der Waals surface area contributed by atoms with Crippen molar-refractivity contribution >= 4 is 15.7 Å². The lowest BCUT2D eigenvalue weighted by molar-refractivity contribution is 0.340. The summed E-state index contributed by atoms with van der Waals surface area (Å²) in [5.41, 5.74) is 1.68. The molecule has 0 unspecified atom stereocenters. The number of nitrogens with one attached hydrogen (secondary N) is 1. The zero-order valence-electron chi connectivity index (χ0n) is 17.0. The number of ether oxygens (including phenoxy) is 1. The molecular formula is C24H22N2O4S. The first-order valence-electron chi connectivity index (χ1n) is 9.90. The van der Waals surface area contributed by atoms with E-state index in [0.717, 1.165) is 5.56 Å². The fraction of sp³-hybridized carbons (Fsp3) is 0.125. The Balaban J connectivity index is 1.72. The first-order chi connectivity index (χ1) is 15.1. The third-order valence-corrected chi connectivity index (χ3v) is 6.29. The van der Waals surface area contributed by atoms with Crippen molar-refractivity contribution in [1.82, 2.24) is 4.98 Å². The topological polar surface area (TPSA) is 81.4 Å². The Morgan fingerprint density at radius 2 is 1.55 bits per heavy atom. The molecule has 0 spiro atoms. The van der Waals surface area contributed by atoms with E-state index in [0.29, 0.717) is 24.5 Å². The second-order valence-electron chi connectivity index (χ2n) is 6.77. The van der Waals surface area contributed by atoms with Crippen LogP contribution in [0.4, 0.5) is 5.88 Å². The van der Waals surface area contributed by atoms with Gasteiger partial charge in [-0.25, -0.2) is 8.42 Å². The minimum absolute atomic E-state index is 0.108. The van der Waals surface area contributed by atoms with Gasteiger partial charge >= 0.3 is 0 Å². The SMILES string of the molecule is CCOc1ccc(S(=O)(=O)c2nc(-c3ccccc3)oc2NCc2ccccc2)cc1. The van der Waals surface area contributed by atoms with Crippen LogP contribution in [-0.4, -0.2) is 20.0 Å². The summed E-state index contributed by atoms with van der Waals surface area (Å²) in [6, 6.07) is 25.1. The summed E-state index contributed by atoms with van der Waals surface area (Å²) in [6.45, 7) is 2.77. The third-order valence-electron chi connectivity index (χ3n) is 4.61. The van der Waals surface area contributed by atoms with Crippen LogP contribution in [-0.2, 0) is 16.4 Å². The van der Waals surface area contributed by atoms with Crippen molar-refractivity contribution in [3.05, 3.63) is 90.5 Å². The molecule has 4 rings (SSSR count). The Bertz CT molecular complexity index is 1240. The molecule has 0 aliphatic carbocycles. The summed E-state index contributed by atoms with van der Waals surface area (Å²) in [6.07, 6.45) is 0. The van der Waals surface area contributed by atoms with E-state index in [1.165, 1.54) is 12.1 Å². The van der Waals surface area contributed by atoms with Crippen molar-refractivity contribution in [2.45, 2.75) is 23.4 Å². The van der Waals surface area contributed by atoms with Gasteiger partial charge in [-0.05, 0) is 48.9 Å². The zero-order chi connectivity index (χ0) is 21.7. The maximum absolute atomic E-state index is 13.4. The van der Waals surface area contributed by atoms with Gasteiger partial charge in [-0.15, -0.1) is 0 Å². The van der Waals surface area contributed by atoms with Crippen molar-refractivity contribution in [3.63, 3.8) is 0 Å². The van der Waals surface area contributed by atoms with E-state index in [4.69, 9.17) is 9.15 Å². The smallest absolute Gasteiger partial charge is 0.234 e. The highest BCUT2D eigenvalue weighted by molar-refractivity contribution is 7.91. The number of benzene rings is 3. The van der Waals surface area contributed by atoms with E-state index in [1.54, 1.807) is 12.1 Å². The molecule has 1 N–H and O–H groups in total. The van der Waals surface area contributed by atoms with Crippen LogP contribution < -0.4 is 10.1 Å². The molecule has 1 aromatic heterocycles. The minimum Gasteiger partial charge on any atom is -0.494 e. The predicted molar refractivity (Wildman–Crippen MR) is 119 cm³/mol. The quantitative estimate of drug-likeness (QED) is 0.411. The maximum atomic E-state index is 13.4. The van der Waals surface area contributed by atoms with Gasteiger partial charge in [0.25, 0.3) is 0 Å². The fourth-order valence-electron chi connectivity index (χ4n) is 3.08. The van der Waals surface area contributed by atoms with Crippen LogP contribution in [0.15, 0.2) is 99.3 Å². The van der Waals surface area contributed by atoms with Gasteiger partial charge in [0.2, 0.25) is 26.6 Å². The largest absolute Gasteiger partial charge is 0.494 e. The average molecular weight is 435 g/mol. The van der Waals surface area contributed by atoms with Crippen molar-refractivity contribution in [2.75, 3.05) is 11.9 Å². The van der Waals surface area contributed by atoms with Gasteiger partial charge in [0, 0.05) is 12.1 Å². The number of nitrogens with zero attached hydrogens (tertiary/aromatic N) is 1. The molecule has 0 aliphatic rings. The summed E-state index contributed by atoms with van der Waals surface area (Å²) in [7, 11) is -3.92. The maximum Gasteiger partial charge on any atom is 0.234 e. The lowest BCUT2D eigenvalue weighted by atomic mass is 10.2. The molecule has 158 valence electrons. The van der Waals surface area contributed by atoms with Crippen molar-refractivity contribution in [2.24, 2.45) is 0 Å². The number of oxazole rings is 1. The molecule has 0 radical (unpaired) electrons. The highest BCUT2D eigenvalue weighted by Crippen LogP contribution is 2.33. The first kappa shape index (κ1) is 20.7. The Hall–Kier alpha value is -3.58. The Kier molecular flexibility index (Phi) is 6.04. The van der Waals surface area contributed by atoms with E-state index in [1.807, 2.05) is 67.6 Å². The number of hydrogen-bond acceptors (Lipinski definition) is 6. The molecule has 6 nitrogen and oxygen atoms in total. The van der Waals surface area contributed by atoms with Gasteiger partial charge < -0.3 is 14.5 Å². The summed E-state index contributed by atoms with van der Waals surface area (Å²) in [4.78, 5) is 4.47. The van der Waals surface area contributed by atoms with Crippen LogP contribution in [0.3, 0.4) is 0 Å². The van der Waals surface area contributed by atoms with E-state index in [2.05, 4.69) is 10.3 Å². The molecule has 0 fully saturated rings. The van der Waals surface area contributed by atoms with E-state index >= 15 is 0 Å².